The second-order valence-corrected chi connectivity index (χ2v) is 7.34. The van der Waals surface area contributed by atoms with Gasteiger partial charge in [-0.3, -0.25) is 0 Å². The number of nitrogens with one attached hydrogen (secondary N) is 1. The Morgan fingerprint density at radius 2 is 1.96 bits per heavy atom. The molecule has 0 saturated carbocycles. The summed E-state index contributed by atoms with van der Waals surface area (Å²) in [5, 5.41) is 3.89. The molecule has 1 N–H and O–H groups in total. The van der Waals surface area contributed by atoms with Crippen LogP contribution in [0.15, 0.2) is 30.5 Å². The maximum atomic E-state index is 6.28. The summed E-state index contributed by atoms with van der Waals surface area (Å²) < 4.78 is 11.1. The second kappa shape index (κ2) is 8.87. The lowest BCUT2D eigenvalue weighted by Crippen LogP contribution is -2.36. The zero-order valence-electron chi connectivity index (χ0n) is 15.4. The van der Waals surface area contributed by atoms with Gasteiger partial charge in [-0.25, -0.2) is 9.97 Å². The summed E-state index contributed by atoms with van der Waals surface area (Å²) >= 11 is 6.28. The zero-order valence-corrected chi connectivity index (χ0v) is 16.1. The summed E-state index contributed by atoms with van der Waals surface area (Å²) in [4.78, 5) is 11.2. The van der Waals surface area contributed by atoms with Gasteiger partial charge in [0.2, 0.25) is 5.95 Å². The van der Waals surface area contributed by atoms with Gasteiger partial charge in [0.1, 0.15) is 0 Å². The summed E-state index contributed by atoms with van der Waals surface area (Å²) in [5.74, 6) is 0.570. The van der Waals surface area contributed by atoms with Crippen molar-refractivity contribution in [2.75, 3.05) is 43.1 Å². The van der Waals surface area contributed by atoms with Crippen LogP contribution in [0.2, 0.25) is 5.02 Å². The number of rotatable bonds is 6. The van der Waals surface area contributed by atoms with Crippen LogP contribution >= 0.6 is 11.6 Å². The largest absolute Gasteiger partial charge is 0.378 e. The summed E-state index contributed by atoms with van der Waals surface area (Å²) in [7, 11) is 0. The van der Waals surface area contributed by atoms with Crippen molar-refractivity contribution < 1.29 is 9.47 Å². The molecule has 3 heterocycles. The van der Waals surface area contributed by atoms with Gasteiger partial charge in [-0.2, -0.15) is 0 Å². The molecular weight excluding hydrogens is 364 g/mol. The number of ether oxygens (including phenoxy) is 2. The fourth-order valence-corrected chi connectivity index (χ4v) is 3.70. The van der Waals surface area contributed by atoms with Gasteiger partial charge in [-0.05, 0) is 49.9 Å². The normalized spacial score (nSPS) is 20.0. The van der Waals surface area contributed by atoms with Crippen LogP contribution in [0.4, 0.5) is 17.3 Å². The van der Waals surface area contributed by atoms with Crippen LogP contribution in [-0.2, 0) is 15.9 Å². The average Bonchev–Trinajstić information content (AvgIpc) is 3.23. The van der Waals surface area contributed by atoms with E-state index < -0.39 is 0 Å². The Morgan fingerprint density at radius 1 is 1.15 bits per heavy atom. The lowest BCUT2D eigenvalue weighted by atomic mass is 10.1. The van der Waals surface area contributed by atoms with Crippen molar-refractivity contribution in [1.82, 2.24) is 9.97 Å². The highest BCUT2D eigenvalue weighted by Crippen LogP contribution is 2.24. The highest BCUT2D eigenvalue weighted by molar-refractivity contribution is 6.31. The van der Waals surface area contributed by atoms with Crippen molar-refractivity contribution in [3.05, 3.63) is 41.2 Å². The molecule has 1 aromatic carbocycles. The Balaban J connectivity index is 1.38. The van der Waals surface area contributed by atoms with Gasteiger partial charge >= 0.3 is 0 Å². The van der Waals surface area contributed by atoms with Crippen molar-refractivity contribution in [2.24, 2.45) is 0 Å². The first-order valence-electron chi connectivity index (χ1n) is 9.61. The Bertz CT molecular complexity index is 744. The minimum Gasteiger partial charge on any atom is -0.378 e. The molecule has 0 bridgehead atoms. The van der Waals surface area contributed by atoms with E-state index in [2.05, 4.69) is 44.5 Å². The van der Waals surface area contributed by atoms with Gasteiger partial charge in [0.25, 0.3) is 0 Å². The molecule has 2 aromatic rings. The molecule has 0 radical (unpaired) electrons. The molecule has 4 rings (SSSR count). The zero-order chi connectivity index (χ0) is 18.5. The van der Waals surface area contributed by atoms with E-state index in [-0.39, 0.29) is 0 Å². The topological polar surface area (TPSA) is 59.5 Å². The standard InChI is InChI=1S/C20H25ClN4O2/c21-18-14-22-20(24-19(18)8-7-17-2-1-11-27-17)23-15-3-5-16(6-4-15)25-9-12-26-13-10-25/h3-6,14,17H,1-2,7-13H2,(H,22,23,24)/t17-/m1/s1. The quantitative estimate of drug-likeness (QED) is 0.811. The first-order chi connectivity index (χ1) is 13.3. The van der Waals surface area contributed by atoms with Gasteiger partial charge in [-0.15, -0.1) is 0 Å². The molecule has 2 saturated heterocycles. The number of halogens is 1. The van der Waals surface area contributed by atoms with Gasteiger partial charge in [0.05, 0.1) is 36.2 Å². The first kappa shape index (κ1) is 18.5. The van der Waals surface area contributed by atoms with Gasteiger partial charge in [0, 0.05) is 31.1 Å². The van der Waals surface area contributed by atoms with Gasteiger partial charge < -0.3 is 19.7 Å². The van der Waals surface area contributed by atoms with E-state index in [1.807, 2.05) is 0 Å². The van der Waals surface area contributed by atoms with Crippen LogP contribution in [-0.4, -0.2) is 49.0 Å². The summed E-state index contributed by atoms with van der Waals surface area (Å²) in [6, 6.07) is 8.33. The maximum absolute atomic E-state index is 6.28. The lowest BCUT2D eigenvalue weighted by molar-refractivity contribution is 0.104. The van der Waals surface area contributed by atoms with Crippen LogP contribution in [0.25, 0.3) is 0 Å². The number of nitrogens with zero attached hydrogens (tertiary/aromatic N) is 3. The first-order valence-corrected chi connectivity index (χ1v) is 9.98. The summed E-state index contributed by atoms with van der Waals surface area (Å²) in [6.07, 6.45) is 6.03. The average molecular weight is 389 g/mol. The van der Waals surface area contributed by atoms with E-state index in [1.54, 1.807) is 6.20 Å². The fourth-order valence-electron chi connectivity index (χ4n) is 3.51. The Kier molecular flexibility index (Phi) is 6.07. The minimum absolute atomic E-state index is 0.333. The van der Waals surface area contributed by atoms with Crippen LogP contribution < -0.4 is 10.2 Å². The van der Waals surface area contributed by atoms with Crippen LogP contribution in [0.3, 0.4) is 0 Å². The van der Waals surface area contributed by atoms with Crippen molar-refractivity contribution in [1.29, 1.82) is 0 Å². The maximum Gasteiger partial charge on any atom is 0.227 e. The number of hydrogen-bond acceptors (Lipinski definition) is 6. The molecule has 144 valence electrons. The Labute approximate surface area is 164 Å². The lowest BCUT2D eigenvalue weighted by Gasteiger charge is -2.28. The molecule has 0 aliphatic carbocycles. The summed E-state index contributed by atoms with van der Waals surface area (Å²) in [6.45, 7) is 4.30. The van der Waals surface area contributed by atoms with Crippen molar-refractivity contribution >= 4 is 28.9 Å². The Hall–Kier alpha value is -1.89. The van der Waals surface area contributed by atoms with Gasteiger partial charge in [0.15, 0.2) is 0 Å². The Morgan fingerprint density at radius 3 is 2.70 bits per heavy atom. The van der Waals surface area contributed by atoms with Crippen LogP contribution in [0, 0.1) is 0 Å². The molecule has 1 aromatic heterocycles. The molecule has 0 amide bonds. The summed E-state index contributed by atoms with van der Waals surface area (Å²) in [5.41, 5.74) is 3.03. The SMILES string of the molecule is Clc1cnc(Nc2ccc(N3CCOCC3)cc2)nc1CC[C@H]1CCCO1. The van der Waals surface area contributed by atoms with Crippen molar-refractivity contribution in [2.45, 2.75) is 31.8 Å². The highest BCUT2D eigenvalue weighted by Gasteiger charge is 2.17. The number of aromatic nitrogens is 2. The van der Waals surface area contributed by atoms with E-state index >= 15 is 0 Å². The molecule has 1 atom stereocenters. The van der Waals surface area contributed by atoms with Crippen LogP contribution in [0.5, 0.6) is 0 Å². The predicted molar refractivity (Wildman–Crippen MR) is 107 cm³/mol. The number of morpholine rings is 1. The molecule has 6 nitrogen and oxygen atoms in total. The monoisotopic (exact) mass is 388 g/mol. The molecule has 0 unspecified atom stereocenters. The molecule has 2 aliphatic rings. The molecule has 0 spiro atoms. The number of hydrogen-bond donors (Lipinski definition) is 1. The van der Waals surface area contributed by atoms with Crippen LogP contribution in [0.1, 0.15) is 25.0 Å². The number of aryl methyl sites for hydroxylation is 1. The minimum atomic E-state index is 0.333. The molecule has 2 fully saturated rings. The molecule has 7 heteroatoms. The molecule has 27 heavy (non-hydrogen) atoms. The molecule has 2 aliphatic heterocycles. The van der Waals surface area contributed by atoms with E-state index in [1.165, 1.54) is 5.69 Å². The van der Waals surface area contributed by atoms with E-state index in [9.17, 15) is 0 Å². The third-order valence-electron chi connectivity index (χ3n) is 5.04. The van der Waals surface area contributed by atoms with E-state index in [4.69, 9.17) is 21.1 Å². The van der Waals surface area contributed by atoms with Gasteiger partial charge in [-0.1, -0.05) is 11.6 Å². The van der Waals surface area contributed by atoms with Crippen molar-refractivity contribution in [3.63, 3.8) is 0 Å². The third-order valence-corrected chi connectivity index (χ3v) is 5.36. The predicted octanol–water partition coefficient (Wildman–Crippen LogP) is 3.82. The van der Waals surface area contributed by atoms with E-state index in [0.717, 1.165) is 70.0 Å². The molecular formula is C20H25ClN4O2. The number of benzene rings is 1. The van der Waals surface area contributed by atoms with E-state index in [0.29, 0.717) is 17.1 Å². The fraction of sp³-hybridized carbons (Fsp3) is 0.500. The van der Waals surface area contributed by atoms with Crippen molar-refractivity contribution in [3.8, 4) is 0 Å². The highest BCUT2D eigenvalue weighted by atomic mass is 35.5. The number of anilines is 3. The smallest absolute Gasteiger partial charge is 0.227 e. The third kappa shape index (κ3) is 4.89. The second-order valence-electron chi connectivity index (χ2n) is 6.93.